The number of anilines is 1. The summed E-state index contributed by atoms with van der Waals surface area (Å²) in [5, 5.41) is 1.04. The van der Waals surface area contributed by atoms with Gasteiger partial charge in [0.05, 0.1) is 12.8 Å². The molecule has 34 heavy (non-hydrogen) atoms. The normalized spacial score (nSPS) is 19.6. The van der Waals surface area contributed by atoms with Crippen molar-refractivity contribution in [2.75, 3.05) is 57.8 Å². The second-order valence-corrected chi connectivity index (χ2v) is 10.00. The number of nitrogens with one attached hydrogen (secondary N) is 1. The minimum Gasteiger partial charge on any atom is -0.495 e. The summed E-state index contributed by atoms with van der Waals surface area (Å²) in [6.45, 7) is 10.1. The first-order valence-electron chi connectivity index (χ1n) is 12.7. The van der Waals surface area contributed by atoms with Crippen molar-refractivity contribution in [3.8, 4) is 5.75 Å². The van der Waals surface area contributed by atoms with E-state index in [4.69, 9.17) is 4.74 Å². The maximum Gasteiger partial charge on any atom is 0.142 e. The van der Waals surface area contributed by atoms with Crippen LogP contribution >= 0.6 is 0 Å². The van der Waals surface area contributed by atoms with Crippen molar-refractivity contribution in [1.82, 2.24) is 14.8 Å². The Labute approximate surface area is 202 Å². The van der Waals surface area contributed by atoms with Gasteiger partial charge in [0, 0.05) is 55.9 Å². The number of benzene rings is 2. The van der Waals surface area contributed by atoms with E-state index in [0.29, 0.717) is 12.0 Å². The molecule has 182 valence electrons. The van der Waals surface area contributed by atoms with Crippen LogP contribution in [0.3, 0.4) is 0 Å². The van der Waals surface area contributed by atoms with E-state index < -0.39 is 0 Å². The van der Waals surface area contributed by atoms with Crippen LogP contribution in [0.15, 0.2) is 48.7 Å². The van der Waals surface area contributed by atoms with Gasteiger partial charge in [-0.3, -0.25) is 4.90 Å². The summed E-state index contributed by atoms with van der Waals surface area (Å²) >= 11 is 0. The fraction of sp³-hybridized carbons (Fsp3) is 0.500. The van der Waals surface area contributed by atoms with Crippen LogP contribution in [0.2, 0.25) is 0 Å². The van der Waals surface area contributed by atoms with E-state index in [0.717, 1.165) is 68.9 Å². The number of nitrogens with zero attached hydrogens (tertiary/aromatic N) is 3. The third-order valence-corrected chi connectivity index (χ3v) is 7.83. The Morgan fingerprint density at radius 1 is 1.03 bits per heavy atom. The standard InChI is InChI=1S/C28H37FN4O/c1-21(32-13-15-33(16-14-32)27-5-3-4-6-28(27)34-2)20-31-11-9-22(10-12-31)17-23-19-30-26-8-7-24(29)18-25(23)26/h3-8,18-19,21-22,30H,9-17,20H2,1-2H3. The highest BCUT2D eigenvalue weighted by Gasteiger charge is 2.26. The molecular weight excluding hydrogens is 427 g/mol. The number of likely N-dealkylation sites (tertiary alicyclic amines) is 1. The lowest BCUT2D eigenvalue weighted by Gasteiger charge is -2.42. The van der Waals surface area contributed by atoms with E-state index >= 15 is 0 Å². The van der Waals surface area contributed by atoms with Crippen LogP contribution in [0, 0.1) is 11.7 Å². The quantitative estimate of drug-likeness (QED) is 0.546. The number of H-pyrrole nitrogens is 1. The predicted octanol–water partition coefficient (Wildman–Crippen LogP) is 4.78. The Balaban J connectivity index is 1.08. The number of aromatic amines is 1. The summed E-state index contributed by atoms with van der Waals surface area (Å²) < 4.78 is 19.3. The molecule has 5 nitrogen and oxygen atoms in total. The molecule has 2 saturated heterocycles. The SMILES string of the molecule is COc1ccccc1N1CCN(C(C)CN2CCC(Cc3c[nH]c4ccc(F)cc34)CC2)CC1. The first kappa shape index (κ1) is 23.2. The minimum absolute atomic E-state index is 0.152. The number of fused-ring (bicyclic) bond motifs is 1. The van der Waals surface area contributed by atoms with Gasteiger partial charge in [-0.25, -0.2) is 4.39 Å². The second-order valence-electron chi connectivity index (χ2n) is 10.00. The number of rotatable bonds is 7. The molecule has 6 heteroatoms. The molecule has 1 aromatic heterocycles. The molecule has 0 bridgehead atoms. The number of aromatic nitrogens is 1. The van der Waals surface area contributed by atoms with Gasteiger partial charge in [-0.15, -0.1) is 0 Å². The molecule has 2 aliphatic heterocycles. The summed E-state index contributed by atoms with van der Waals surface area (Å²) in [5.74, 6) is 1.49. The van der Waals surface area contributed by atoms with Crippen LogP contribution in [0.1, 0.15) is 25.3 Å². The molecule has 2 fully saturated rings. The Bertz CT molecular complexity index is 1080. The molecule has 2 aliphatic rings. The predicted molar refractivity (Wildman–Crippen MR) is 137 cm³/mol. The summed E-state index contributed by atoms with van der Waals surface area (Å²) in [6.07, 6.45) is 5.55. The van der Waals surface area contributed by atoms with E-state index in [-0.39, 0.29) is 5.82 Å². The van der Waals surface area contributed by atoms with Crippen LogP contribution in [-0.2, 0) is 6.42 Å². The van der Waals surface area contributed by atoms with Gasteiger partial charge >= 0.3 is 0 Å². The van der Waals surface area contributed by atoms with Gasteiger partial charge in [0.15, 0.2) is 0 Å². The van der Waals surface area contributed by atoms with Gasteiger partial charge < -0.3 is 19.5 Å². The minimum atomic E-state index is -0.152. The smallest absolute Gasteiger partial charge is 0.142 e. The van der Waals surface area contributed by atoms with Crippen LogP contribution in [-0.4, -0.2) is 73.7 Å². The third-order valence-electron chi connectivity index (χ3n) is 7.83. The van der Waals surface area contributed by atoms with Crippen LogP contribution in [0.5, 0.6) is 5.75 Å². The molecule has 1 unspecified atom stereocenters. The van der Waals surface area contributed by atoms with Crippen molar-refractivity contribution in [3.05, 3.63) is 60.0 Å². The Hall–Kier alpha value is -2.57. The van der Waals surface area contributed by atoms with Crippen LogP contribution in [0.25, 0.3) is 10.9 Å². The van der Waals surface area contributed by atoms with Crippen molar-refractivity contribution in [2.24, 2.45) is 5.92 Å². The number of ether oxygens (including phenoxy) is 1. The number of piperazine rings is 1. The zero-order valence-electron chi connectivity index (χ0n) is 20.5. The average Bonchev–Trinajstić information content (AvgIpc) is 3.27. The third kappa shape index (κ3) is 5.08. The molecule has 3 heterocycles. The highest BCUT2D eigenvalue weighted by molar-refractivity contribution is 5.83. The van der Waals surface area contributed by atoms with Gasteiger partial charge in [-0.2, -0.15) is 0 Å². The molecule has 0 amide bonds. The highest BCUT2D eigenvalue weighted by atomic mass is 19.1. The van der Waals surface area contributed by atoms with E-state index in [1.807, 2.05) is 18.2 Å². The number of hydrogen-bond donors (Lipinski definition) is 1. The molecule has 0 saturated carbocycles. The molecule has 1 atom stereocenters. The molecule has 0 aliphatic carbocycles. The number of hydrogen-bond acceptors (Lipinski definition) is 4. The largest absolute Gasteiger partial charge is 0.495 e. The maximum atomic E-state index is 13.7. The summed E-state index contributed by atoms with van der Waals surface area (Å²) in [6, 6.07) is 13.9. The molecule has 5 rings (SSSR count). The van der Waals surface area contributed by atoms with Crippen LogP contribution < -0.4 is 9.64 Å². The molecule has 0 spiro atoms. The monoisotopic (exact) mass is 464 g/mol. The lowest BCUT2D eigenvalue weighted by molar-refractivity contribution is 0.114. The maximum absolute atomic E-state index is 13.7. The lowest BCUT2D eigenvalue weighted by Crippen LogP contribution is -2.53. The van der Waals surface area contributed by atoms with E-state index in [2.05, 4.69) is 44.9 Å². The molecular formula is C28H37FN4O. The van der Waals surface area contributed by atoms with Gasteiger partial charge in [-0.1, -0.05) is 12.1 Å². The first-order chi connectivity index (χ1) is 16.6. The van der Waals surface area contributed by atoms with Gasteiger partial charge in [0.1, 0.15) is 11.6 Å². The van der Waals surface area contributed by atoms with Crippen molar-refractivity contribution in [2.45, 2.75) is 32.2 Å². The fourth-order valence-corrected chi connectivity index (χ4v) is 5.79. The number of piperidine rings is 1. The molecule has 1 N–H and O–H groups in total. The highest BCUT2D eigenvalue weighted by Crippen LogP contribution is 2.29. The van der Waals surface area contributed by atoms with Gasteiger partial charge in [0.2, 0.25) is 0 Å². The zero-order chi connectivity index (χ0) is 23.5. The average molecular weight is 465 g/mol. The Morgan fingerprint density at radius 3 is 2.56 bits per heavy atom. The Morgan fingerprint density at radius 2 is 1.79 bits per heavy atom. The van der Waals surface area contributed by atoms with Gasteiger partial charge in [-0.05, 0) is 81.1 Å². The zero-order valence-corrected chi connectivity index (χ0v) is 20.5. The van der Waals surface area contributed by atoms with Gasteiger partial charge in [0.25, 0.3) is 0 Å². The number of methoxy groups -OCH3 is 1. The second kappa shape index (κ2) is 10.4. The van der Waals surface area contributed by atoms with Crippen molar-refractivity contribution in [3.63, 3.8) is 0 Å². The molecule has 2 aromatic carbocycles. The molecule has 3 aromatic rings. The fourth-order valence-electron chi connectivity index (χ4n) is 5.79. The molecule has 0 radical (unpaired) electrons. The van der Waals surface area contributed by atoms with Crippen molar-refractivity contribution < 1.29 is 9.13 Å². The van der Waals surface area contributed by atoms with E-state index in [1.165, 1.54) is 30.2 Å². The van der Waals surface area contributed by atoms with E-state index in [9.17, 15) is 4.39 Å². The van der Waals surface area contributed by atoms with Crippen molar-refractivity contribution in [1.29, 1.82) is 0 Å². The topological polar surface area (TPSA) is 34.7 Å². The number of halogens is 1. The van der Waals surface area contributed by atoms with Crippen molar-refractivity contribution >= 4 is 16.6 Å². The Kier molecular flexibility index (Phi) is 7.07. The van der Waals surface area contributed by atoms with Crippen LogP contribution in [0.4, 0.5) is 10.1 Å². The summed E-state index contributed by atoms with van der Waals surface area (Å²) in [4.78, 5) is 11.0. The number of para-hydroxylation sites is 2. The summed E-state index contributed by atoms with van der Waals surface area (Å²) in [5.41, 5.74) is 3.50. The lowest BCUT2D eigenvalue weighted by atomic mass is 9.90. The summed E-state index contributed by atoms with van der Waals surface area (Å²) in [7, 11) is 1.75. The van der Waals surface area contributed by atoms with E-state index in [1.54, 1.807) is 13.2 Å². The first-order valence-corrected chi connectivity index (χ1v) is 12.7.